The standard InChI is InChI=1S/C10H12O/c11-7-9-6-10(9)8-4-2-1-3-5-8/h1-5,9-11H,6-7H2/i7D2. The predicted octanol–water partition coefficient (Wildman–Crippen LogP) is 1.78. The maximum Gasteiger partial charge on any atom is 0.0567 e. The van der Waals surface area contributed by atoms with Crippen molar-refractivity contribution in [1.82, 2.24) is 0 Å². The molecule has 1 nitrogen and oxygen atoms in total. The van der Waals surface area contributed by atoms with Crippen molar-refractivity contribution in [2.75, 3.05) is 6.56 Å². The number of aliphatic hydroxyl groups is 1. The van der Waals surface area contributed by atoms with Gasteiger partial charge >= 0.3 is 0 Å². The molecule has 1 aromatic rings. The van der Waals surface area contributed by atoms with Gasteiger partial charge in [-0.1, -0.05) is 30.3 Å². The third-order valence-electron chi connectivity index (χ3n) is 2.18. The van der Waals surface area contributed by atoms with Crippen LogP contribution in [0.1, 0.15) is 20.6 Å². The van der Waals surface area contributed by atoms with Gasteiger partial charge in [-0.05, 0) is 23.8 Å². The minimum atomic E-state index is -2.01. The molecule has 11 heavy (non-hydrogen) atoms. The van der Waals surface area contributed by atoms with E-state index in [1.807, 2.05) is 30.3 Å². The van der Waals surface area contributed by atoms with Crippen molar-refractivity contribution in [3.8, 4) is 0 Å². The van der Waals surface area contributed by atoms with Crippen molar-refractivity contribution in [3.05, 3.63) is 35.9 Å². The zero-order valence-corrected chi connectivity index (χ0v) is 6.20. The van der Waals surface area contributed by atoms with Crippen LogP contribution in [0.3, 0.4) is 0 Å². The van der Waals surface area contributed by atoms with Crippen LogP contribution in [-0.2, 0) is 0 Å². The first-order valence-corrected chi connectivity index (χ1v) is 3.86. The number of hydrogen-bond donors (Lipinski definition) is 1. The van der Waals surface area contributed by atoms with Crippen molar-refractivity contribution >= 4 is 0 Å². The zero-order chi connectivity index (χ0) is 9.47. The maximum atomic E-state index is 9.12. The summed E-state index contributed by atoms with van der Waals surface area (Å²) in [5, 5.41) is 9.12. The Balaban J connectivity index is 2.09. The second kappa shape index (κ2) is 2.67. The Kier molecular flexibility index (Phi) is 1.20. The Morgan fingerprint density at radius 2 is 2.18 bits per heavy atom. The lowest BCUT2D eigenvalue weighted by Crippen LogP contribution is -1.87. The third-order valence-corrected chi connectivity index (χ3v) is 2.18. The summed E-state index contributed by atoms with van der Waals surface area (Å²) >= 11 is 0. The van der Waals surface area contributed by atoms with Crippen LogP contribution in [0.4, 0.5) is 0 Å². The molecule has 2 unspecified atom stereocenters. The minimum Gasteiger partial charge on any atom is -0.396 e. The summed E-state index contributed by atoms with van der Waals surface area (Å²) in [7, 11) is 0. The highest BCUT2D eigenvalue weighted by Crippen LogP contribution is 2.46. The van der Waals surface area contributed by atoms with E-state index in [2.05, 4.69) is 0 Å². The lowest BCUT2D eigenvalue weighted by molar-refractivity contribution is 0.274. The highest BCUT2D eigenvalue weighted by Gasteiger charge is 2.37. The molecule has 0 spiro atoms. The van der Waals surface area contributed by atoms with E-state index in [9.17, 15) is 0 Å². The summed E-state index contributed by atoms with van der Waals surface area (Å²) in [6, 6.07) is 9.79. The molecule has 0 aliphatic heterocycles. The molecule has 0 aromatic heterocycles. The Morgan fingerprint density at radius 3 is 2.73 bits per heavy atom. The molecule has 1 saturated carbocycles. The van der Waals surface area contributed by atoms with Crippen molar-refractivity contribution in [2.24, 2.45) is 5.92 Å². The molecular formula is C10H12O. The molecule has 1 fully saturated rings. The zero-order valence-electron chi connectivity index (χ0n) is 8.20. The Morgan fingerprint density at radius 1 is 1.45 bits per heavy atom. The average molecular weight is 150 g/mol. The van der Waals surface area contributed by atoms with E-state index in [1.54, 1.807) is 0 Å². The van der Waals surface area contributed by atoms with Gasteiger partial charge in [-0.3, -0.25) is 0 Å². The largest absolute Gasteiger partial charge is 0.396 e. The van der Waals surface area contributed by atoms with E-state index in [4.69, 9.17) is 7.85 Å². The van der Waals surface area contributed by atoms with Crippen molar-refractivity contribution in [3.63, 3.8) is 0 Å². The van der Waals surface area contributed by atoms with E-state index in [1.165, 1.54) is 0 Å². The molecule has 58 valence electrons. The van der Waals surface area contributed by atoms with Gasteiger partial charge in [-0.15, -0.1) is 0 Å². The van der Waals surface area contributed by atoms with E-state index >= 15 is 0 Å². The Labute approximate surface area is 69.5 Å². The highest BCUT2D eigenvalue weighted by atomic mass is 16.3. The van der Waals surface area contributed by atoms with Gasteiger partial charge in [0, 0.05) is 6.56 Å². The maximum absolute atomic E-state index is 9.12. The van der Waals surface area contributed by atoms with E-state index in [-0.39, 0.29) is 11.8 Å². The van der Waals surface area contributed by atoms with Crippen LogP contribution in [0.25, 0.3) is 0 Å². The molecule has 2 rings (SSSR count). The van der Waals surface area contributed by atoms with Crippen LogP contribution in [-0.4, -0.2) is 11.7 Å². The first kappa shape index (κ1) is 4.94. The summed E-state index contributed by atoms with van der Waals surface area (Å²) in [5.74, 6) is -0.00361. The molecule has 0 saturated heterocycles. The highest BCUT2D eigenvalue weighted by molar-refractivity contribution is 5.25. The van der Waals surface area contributed by atoms with Crippen molar-refractivity contribution in [2.45, 2.75) is 12.3 Å². The molecule has 0 radical (unpaired) electrons. The van der Waals surface area contributed by atoms with Crippen molar-refractivity contribution in [1.29, 1.82) is 0 Å². The Hall–Kier alpha value is -0.820. The smallest absolute Gasteiger partial charge is 0.0567 e. The fraction of sp³-hybridized carbons (Fsp3) is 0.400. The van der Waals surface area contributed by atoms with Gasteiger partial charge in [0.15, 0.2) is 0 Å². The van der Waals surface area contributed by atoms with Gasteiger partial charge in [0.05, 0.1) is 2.74 Å². The molecule has 2 atom stereocenters. The van der Waals surface area contributed by atoms with Crippen LogP contribution < -0.4 is 0 Å². The monoisotopic (exact) mass is 150 g/mol. The normalized spacial score (nSPS) is 32.5. The molecule has 0 heterocycles. The van der Waals surface area contributed by atoms with E-state index in [0.29, 0.717) is 0 Å². The fourth-order valence-electron chi connectivity index (χ4n) is 1.41. The molecule has 1 heteroatoms. The first-order chi connectivity index (χ1) is 6.09. The number of rotatable bonds is 2. The summed E-state index contributed by atoms with van der Waals surface area (Å²) < 4.78 is 14.3. The Bertz CT molecular complexity index is 292. The van der Waals surface area contributed by atoms with Gasteiger partial charge in [0.2, 0.25) is 0 Å². The van der Waals surface area contributed by atoms with Gasteiger partial charge in [-0.25, -0.2) is 0 Å². The van der Waals surface area contributed by atoms with Gasteiger partial charge in [0.25, 0.3) is 0 Å². The molecular weight excluding hydrogens is 136 g/mol. The minimum absolute atomic E-state index is 0.209. The summed E-state index contributed by atoms with van der Waals surface area (Å²) in [6.07, 6.45) is 0.757. The van der Waals surface area contributed by atoms with Gasteiger partial charge in [-0.2, -0.15) is 0 Å². The molecule has 0 bridgehead atoms. The van der Waals surface area contributed by atoms with Gasteiger partial charge < -0.3 is 5.11 Å². The number of benzene rings is 1. The number of hydrogen-bond acceptors (Lipinski definition) is 1. The third kappa shape index (κ3) is 1.29. The van der Waals surface area contributed by atoms with Crippen molar-refractivity contribution < 1.29 is 7.85 Å². The van der Waals surface area contributed by atoms with Crippen LogP contribution in [0.5, 0.6) is 0 Å². The van der Waals surface area contributed by atoms with E-state index in [0.717, 1.165) is 12.0 Å². The first-order valence-electron chi connectivity index (χ1n) is 4.86. The molecule has 1 aliphatic carbocycles. The second-order valence-electron chi connectivity index (χ2n) is 2.99. The quantitative estimate of drug-likeness (QED) is 0.681. The molecule has 1 N–H and O–H groups in total. The molecule has 0 amide bonds. The summed E-state index contributed by atoms with van der Waals surface area (Å²) in [6.45, 7) is -2.01. The topological polar surface area (TPSA) is 20.2 Å². The summed E-state index contributed by atoms with van der Waals surface area (Å²) in [4.78, 5) is 0. The molecule has 1 aliphatic rings. The average Bonchev–Trinajstić information content (AvgIpc) is 2.83. The second-order valence-corrected chi connectivity index (χ2v) is 2.99. The van der Waals surface area contributed by atoms with Gasteiger partial charge in [0.1, 0.15) is 0 Å². The fourth-order valence-corrected chi connectivity index (χ4v) is 1.41. The molecule has 1 aromatic carbocycles. The predicted molar refractivity (Wildman–Crippen MR) is 44.4 cm³/mol. The van der Waals surface area contributed by atoms with Crippen LogP contribution >= 0.6 is 0 Å². The van der Waals surface area contributed by atoms with Crippen LogP contribution in [0.2, 0.25) is 0 Å². The van der Waals surface area contributed by atoms with E-state index < -0.39 is 6.56 Å². The lowest BCUT2D eigenvalue weighted by Gasteiger charge is -1.96. The van der Waals surface area contributed by atoms with Crippen LogP contribution in [0.15, 0.2) is 30.3 Å². The van der Waals surface area contributed by atoms with Crippen LogP contribution in [0, 0.1) is 5.92 Å². The lowest BCUT2D eigenvalue weighted by atomic mass is 10.1. The SMILES string of the molecule is [2H]C([2H])(O)C1CC1c1ccccc1. The summed E-state index contributed by atoms with van der Waals surface area (Å²) in [5.41, 5.74) is 1.13.